The minimum absolute atomic E-state index is 0.0218. The van der Waals surface area contributed by atoms with Crippen LogP contribution in [0.25, 0.3) is 22.3 Å². The Labute approximate surface area is 487 Å². The zero-order valence-electron chi connectivity index (χ0n) is 48.5. The number of nitrogens with one attached hydrogen (secondary N) is 2. The average Bonchev–Trinajstić information content (AvgIpc) is 1.69. The van der Waals surface area contributed by atoms with Crippen molar-refractivity contribution in [1.82, 2.24) is 25.1 Å². The van der Waals surface area contributed by atoms with Crippen molar-refractivity contribution in [3.05, 3.63) is 73.8 Å². The number of aryl methyl sites for hydroxylation is 1. The lowest BCUT2D eigenvalue weighted by Crippen LogP contribution is -2.44. The molecular formula is C59H82FN5O19. The van der Waals surface area contributed by atoms with Crippen LogP contribution in [0.2, 0.25) is 0 Å². The maximum Gasteiger partial charge on any atom is 0.408 e. The summed E-state index contributed by atoms with van der Waals surface area (Å²) in [6.45, 7) is 12.5. The number of aliphatic carboxylic acids is 2. The van der Waals surface area contributed by atoms with E-state index in [-0.39, 0.29) is 69.3 Å². The van der Waals surface area contributed by atoms with Gasteiger partial charge >= 0.3 is 24.0 Å². The minimum atomic E-state index is -2.02. The normalized spacial score (nSPS) is 20.1. The molecule has 2 aliphatic heterocycles. The van der Waals surface area contributed by atoms with E-state index < -0.39 is 58.5 Å². The van der Waals surface area contributed by atoms with Gasteiger partial charge in [0.2, 0.25) is 5.91 Å². The van der Waals surface area contributed by atoms with E-state index in [1.807, 2.05) is 19.1 Å². The minimum Gasteiger partial charge on any atom is -0.481 e. The zero-order valence-corrected chi connectivity index (χ0v) is 48.5. The number of cyclic esters (lactones) is 1. The van der Waals surface area contributed by atoms with Gasteiger partial charge in [0.15, 0.2) is 5.60 Å². The highest BCUT2D eigenvalue weighted by Crippen LogP contribution is 2.46. The number of rotatable bonds is 37. The van der Waals surface area contributed by atoms with Crippen molar-refractivity contribution in [2.75, 3.05) is 132 Å². The van der Waals surface area contributed by atoms with E-state index in [1.54, 1.807) is 19.9 Å². The van der Waals surface area contributed by atoms with Gasteiger partial charge in [0, 0.05) is 54.2 Å². The van der Waals surface area contributed by atoms with Gasteiger partial charge in [-0.15, -0.1) is 0 Å². The van der Waals surface area contributed by atoms with Crippen LogP contribution in [0.3, 0.4) is 0 Å². The molecule has 25 heteroatoms. The molecule has 0 unspecified atom stereocenters. The second-order valence-corrected chi connectivity index (χ2v) is 21.3. The third-order valence-electron chi connectivity index (χ3n) is 15.6. The van der Waals surface area contributed by atoms with Crippen LogP contribution in [-0.2, 0) is 91.7 Å². The smallest absolute Gasteiger partial charge is 0.408 e. The van der Waals surface area contributed by atoms with E-state index in [2.05, 4.69) is 15.5 Å². The number of ether oxygens (including phenoxy) is 10. The summed E-state index contributed by atoms with van der Waals surface area (Å²) in [7, 11) is 0. The highest BCUT2D eigenvalue weighted by molar-refractivity contribution is 5.94. The number of aromatic nitrogens is 2. The second kappa shape index (κ2) is 32.5. The number of esters is 1. The van der Waals surface area contributed by atoms with Crippen molar-refractivity contribution in [2.24, 2.45) is 5.41 Å². The third-order valence-corrected chi connectivity index (χ3v) is 15.6. The second-order valence-electron chi connectivity index (χ2n) is 21.3. The number of hydrogen-bond donors (Lipinski definition) is 5. The molecule has 4 aliphatic rings. The molecule has 24 nitrogen and oxygen atoms in total. The van der Waals surface area contributed by atoms with Crippen LogP contribution in [-0.4, -0.2) is 198 Å². The van der Waals surface area contributed by atoms with Gasteiger partial charge in [0.1, 0.15) is 18.5 Å². The van der Waals surface area contributed by atoms with Gasteiger partial charge in [-0.3, -0.25) is 24.1 Å². The molecule has 4 atom stereocenters. The van der Waals surface area contributed by atoms with Crippen molar-refractivity contribution < 1.29 is 91.1 Å². The first-order valence-corrected chi connectivity index (χ1v) is 29.1. The molecule has 1 aromatic carbocycles. The van der Waals surface area contributed by atoms with E-state index in [4.69, 9.17) is 62.6 Å². The molecule has 2 aliphatic carbocycles. The number of pyridine rings is 2. The van der Waals surface area contributed by atoms with Gasteiger partial charge in [0.05, 0.1) is 154 Å². The van der Waals surface area contributed by atoms with Crippen LogP contribution >= 0.6 is 0 Å². The number of carbonyl (C=O) groups excluding carboxylic acids is 3. The fourth-order valence-corrected chi connectivity index (χ4v) is 10.8. The first kappa shape index (κ1) is 65.5. The first-order chi connectivity index (χ1) is 40.5. The average molecular weight is 1180 g/mol. The zero-order chi connectivity index (χ0) is 60.1. The summed E-state index contributed by atoms with van der Waals surface area (Å²) in [6.07, 6.45) is 5.22. The molecule has 0 bridgehead atoms. The lowest BCUT2D eigenvalue weighted by atomic mass is 9.78. The predicted molar refractivity (Wildman–Crippen MR) is 300 cm³/mol. The number of aliphatic hydroxyl groups is 1. The van der Waals surface area contributed by atoms with Gasteiger partial charge < -0.3 is 77.9 Å². The largest absolute Gasteiger partial charge is 0.481 e. The molecule has 0 radical (unpaired) electrons. The van der Waals surface area contributed by atoms with E-state index in [9.17, 15) is 33.9 Å². The summed E-state index contributed by atoms with van der Waals surface area (Å²) in [5.41, 5.74) is 0.904. The van der Waals surface area contributed by atoms with Crippen LogP contribution in [0.15, 0.2) is 29.1 Å². The van der Waals surface area contributed by atoms with Gasteiger partial charge in [-0.05, 0) is 80.7 Å². The quantitative estimate of drug-likeness (QED) is 0.0240. The Kier molecular flexibility index (Phi) is 25.4. The fourth-order valence-electron chi connectivity index (χ4n) is 10.8. The Morgan fingerprint density at radius 3 is 1.93 bits per heavy atom. The van der Waals surface area contributed by atoms with Crippen molar-refractivity contribution in [1.29, 1.82) is 0 Å². The number of carboxylic acids is 2. The number of carboxylic acid groups (broad SMARTS) is 2. The number of carbonyl (C=O) groups is 5. The van der Waals surface area contributed by atoms with Crippen LogP contribution in [0, 0.1) is 18.2 Å². The van der Waals surface area contributed by atoms with Crippen molar-refractivity contribution >= 4 is 40.8 Å². The van der Waals surface area contributed by atoms with Crippen molar-refractivity contribution in [3.8, 4) is 11.4 Å². The van der Waals surface area contributed by atoms with E-state index >= 15 is 4.39 Å². The summed E-state index contributed by atoms with van der Waals surface area (Å²) in [6, 6.07) is 2.38. The highest BCUT2D eigenvalue weighted by atomic mass is 19.1. The molecular weight excluding hydrogens is 1100 g/mol. The Balaban J connectivity index is 0.798. The lowest BCUT2D eigenvalue weighted by Gasteiger charge is -2.32. The van der Waals surface area contributed by atoms with E-state index in [0.717, 1.165) is 5.56 Å². The standard InChI is InChI=1S/C59H82FN5O19/c1-4-59(74)44-35-48-53-42(37-65(48)54(70)43(44)38-83-56(59)72)52-46(9-8-41-39(2)45(60)36-47(62-53)51(41)52)63-57(73)84-40-7-5-6-13-58(3,14-10-40)55(71)61-15-21-77-27-32-82-34-30-80-24-18-64(16-22-78-28-25-75-19-11-49(66)67)17-23-79-29-33-81-31-26-76-20-12-50(68)69/h5,7,35-36,40,46,74H,4,6,8-34,37-38H2,1-3H3,(H,61,71)(H,63,73)(H,66,67)(H,68,69)/b7-5+/t40-,46-,58+,59-/m0/s1. The Bertz CT molecular complexity index is 2830. The molecule has 0 spiro atoms. The number of halogens is 1. The predicted octanol–water partition coefficient (Wildman–Crippen LogP) is 4.25. The summed E-state index contributed by atoms with van der Waals surface area (Å²) in [5.74, 6) is -3.22. The Morgan fingerprint density at radius 1 is 0.774 bits per heavy atom. The molecule has 0 fully saturated rings. The SMILES string of the molecule is CC[C@@]1(O)C(=O)OCc2c1cc1n(c2=O)Cc2c-1nc1cc(F)c(C)c3c1c2[C@@H](NC(=O)O[C@H]1/C=C/CC[C@@](C)(C(=O)NCCOCCOCCOCCN(CCOCCOCCOCCC(=O)O)CCOCCOCCC(=O)O)CC1)CC3. The number of nitrogens with zero attached hydrogens (tertiary/aromatic N) is 3. The maximum atomic E-state index is 15.5. The molecule has 2 amide bonds. The number of allylic oxidation sites excluding steroid dienone is 1. The summed E-state index contributed by atoms with van der Waals surface area (Å²) >= 11 is 0. The van der Waals surface area contributed by atoms with Crippen molar-refractivity contribution in [3.63, 3.8) is 0 Å². The van der Waals surface area contributed by atoms with Crippen LogP contribution in [0.5, 0.6) is 0 Å². The molecule has 0 saturated carbocycles. The molecule has 4 heterocycles. The molecule has 84 heavy (non-hydrogen) atoms. The monoisotopic (exact) mass is 1180 g/mol. The fraction of sp³-hybridized carbons (Fsp3) is 0.644. The molecule has 0 saturated heterocycles. The summed E-state index contributed by atoms with van der Waals surface area (Å²) in [5, 5.41) is 35.6. The maximum absolute atomic E-state index is 15.5. The topological polar surface area (TPSA) is 301 Å². The lowest BCUT2D eigenvalue weighted by molar-refractivity contribution is -0.172. The number of alkyl carbamates (subject to hydrolysis) is 1. The molecule has 5 N–H and O–H groups in total. The Hall–Kier alpha value is -6.00. The van der Waals surface area contributed by atoms with Gasteiger partial charge in [0.25, 0.3) is 5.56 Å². The first-order valence-electron chi connectivity index (χ1n) is 29.1. The van der Waals surface area contributed by atoms with Gasteiger partial charge in [-0.25, -0.2) is 19.0 Å². The number of benzene rings is 1. The molecule has 464 valence electrons. The van der Waals surface area contributed by atoms with E-state index in [1.165, 1.54) is 10.6 Å². The number of hydrogen-bond acceptors (Lipinski definition) is 19. The highest BCUT2D eigenvalue weighted by Gasteiger charge is 2.46. The summed E-state index contributed by atoms with van der Waals surface area (Å²) in [4.78, 5) is 82.7. The third kappa shape index (κ3) is 17.8. The summed E-state index contributed by atoms with van der Waals surface area (Å²) < 4.78 is 72.9. The van der Waals surface area contributed by atoms with Crippen LogP contribution in [0.1, 0.15) is 105 Å². The van der Waals surface area contributed by atoms with E-state index in [0.29, 0.717) is 190 Å². The molecule has 2 aromatic heterocycles. The van der Waals surface area contributed by atoms with Crippen molar-refractivity contribution in [2.45, 2.75) is 109 Å². The molecule has 3 aromatic rings. The van der Waals surface area contributed by atoms with Gasteiger partial charge in [-0.1, -0.05) is 19.9 Å². The Morgan fingerprint density at radius 2 is 1.35 bits per heavy atom. The van der Waals surface area contributed by atoms with Crippen LogP contribution < -0.4 is 16.2 Å². The number of fused-ring (bicyclic) bond motifs is 5. The van der Waals surface area contributed by atoms with Gasteiger partial charge in [-0.2, -0.15) is 0 Å². The molecule has 7 rings (SSSR count). The number of amides is 2. The van der Waals surface area contributed by atoms with Crippen LogP contribution in [0.4, 0.5) is 9.18 Å².